The number of pyridine rings is 1. The summed E-state index contributed by atoms with van der Waals surface area (Å²) in [6.07, 6.45) is 5.85. The van der Waals surface area contributed by atoms with E-state index in [2.05, 4.69) is 46.7 Å². The summed E-state index contributed by atoms with van der Waals surface area (Å²) in [6.45, 7) is 3.02. The highest BCUT2D eigenvalue weighted by molar-refractivity contribution is 5.82. The summed E-state index contributed by atoms with van der Waals surface area (Å²) < 4.78 is 1.84. The average Bonchev–Trinajstić information content (AvgIpc) is 2.91. The molecule has 2 heterocycles. The molecule has 0 amide bonds. The largest absolute Gasteiger partial charge is 0.306 e. The Morgan fingerprint density at radius 1 is 1.25 bits per heavy atom. The van der Waals surface area contributed by atoms with Crippen LogP contribution in [0, 0.1) is 0 Å². The summed E-state index contributed by atoms with van der Waals surface area (Å²) in [7, 11) is 1.94. The molecule has 0 radical (unpaired) electrons. The predicted octanol–water partition coefficient (Wildman–Crippen LogP) is 2.67. The lowest BCUT2D eigenvalue weighted by Crippen LogP contribution is -2.22. The van der Waals surface area contributed by atoms with Crippen molar-refractivity contribution in [1.82, 2.24) is 20.1 Å². The maximum atomic E-state index is 4.43. The van der Waals surface area contributed by atoms with Gasteiger partial charge in [-0.05, 0) is 24.2 Å². The van der Waals surface area contributed by atoms with E-state index < -0.39 is 0 Å². The molecule has 1 unspecified atom stereocenters. The number of hydrogen-bond donors (Lipinski definition) is 1. The first kappa shape index (κ1) is 12.8. The zero-order valence-electron chi connectivity index (χ0n) is 11.7. The van der Waals surface area contributed by atoms with Crippen LogP contribution in [0.25, 0.3) is 10.9 Å². The van der Waals surface area contributed by atoms with E-state index in [9.17, 15) is 0 Å². The zero-order chi connectivity index (χ0) is 13.9. The summed E-state index contributed by atoms with van der Waals surface area (Å²) in [5.41, 5.74) is 3.44. The number of hydrogen-bond acceptors (Lipinski definition) is 3. The third kappa shape index (κ3) is 2.30. The quantitative estimate of drug-likeness (QED) is 0.789. The van der Waals surface area contributed by atoms with E-state index in [0.29, 0.717) is 0 Å². The Morgan fingerprint density at radius 3 is 2.85 bits per heavy atom. The lowest BCUT2D eigenvalue weighted by atomic mass is 9.98. The van der Waals surface area contributed by atoms with E-state index in [0.717, 1.165) is 12.1 Å². The van der Waals surface area contributed by atoms with Crippen molar-refractivity contribution in [2.24, 2.45) is 7.05 Å². The van der Waals surface area contributed by atoms with Gasteiger partial charge in [0, 0.05) is 30.4 Å². The summed E-state index contributed by atoms with van der Waals surface area (Å²) in [5, 5.41) is 9.01. The molecule has 0 aliphatic carbocycles. The topological polar surface area (TPSA) is 42.7 Å². The van der Waals surface area contributed by atoms with Gasteiger partial charge in [-0.2, -0.15) is 5.10 Å². The van der Waals surface area contributed by atoms with Crippen molar-refractivity contribution in [1.29, 1.82) is 0 Å². The second kappa shape index (κ2) is 5.43. The number of nitrogens with one attached hydrogen (secondary N) is 1. The second-order valence-electron chi connectivity index (χ2n) is 4.86. The molecule has 3 rings (SSSR count). The second-order valence-corrected chi connectivity index (χ2v) is 4.86. The molecule has 2 aromatic heterocycles. The molecule has 0 fully saturated rings. The standard InChI is InChI=1S/C16H18N4/c1-3-17-16(12-10-19-20(2)11-12)14-8-9-18-15-7-5-4-6-13(14)15/h4-11,16-17H,3H2,1-2H3. The Bertz CT molecular complexity index is 712. The van der Waals surface area contributed by atoms with Gasteiger partial charge >= 0.3 is 0 Å². The summed E-state index contributed by atoms with van der Waals surface area (Å²) in [5.74, 6) is 0. The Kier molecular flexibility index (Phi) is 3.48. The van der Waals surface area contributed by atoms with Crippen LogP contribution in [0.3, 0.4) is 0 Å². The number of para-hydroxylation sites is 1. The Hall–Kier alpha value is -2.20. The van der Waals surface area contributed by atoms with E-state index in [-0.39, 0.29) is 6.04 Å². The van der Waals surface area contributed by atoms with Crippen molar-refractivity contribution in [3.8, 4) is 0 Å². The van der Waals surface area contributed by atoms with Gasteiger partial charge in [0.15, 0.2) is 0 Å². The summed E-state index contributed by atoms with van der Waals surface area (Å²) in [6, 6.07) is 10.5. The molecule has 0 saturated heterocycles. The van der Waals surface area contributed by atoms with Crippen molar-refractivity contribution >= 4 is 10.9 Å². The first-order valence-corrected chi connectivity index (χ1v) is 6.85. The molecule has 0 saturated carbocycles. The lowest BCUT2D eigenvalue weighted by molar-refractivity contribution is 0.633. The van der Waals surface area contributed by atoms with E-state index in [1.54, 1.807) is 0 Å². The number of aryl methyl sites for hydroxylation is 1. The Morgan fingerprint density at radius 2 is 2.10 bits per heavy atom. The molecule has 3 aromatic rings. The molecule has 1 atom stereocenters. The van der Waals surface area contributed by atoms with Gasteiger partial charge in [0.2, 0.25) is 0 Å². The van der Waals surface area contributed by atoms with Gasteiger partial charge in [0.05, 0.1) is 17.8 Å². The molecule has 1 aromatic carbocycles. The van der Waals surface area contributed by atoms with Crippen LogP contribution in [0.5, 0.6) is 0 Å². The van der Waals surface area contributed by atoms with Crippen LogP contribution >= 0.6 is 0 Å². The number of fused-ring (bicyclic) bond motifs is 1. The minimum Gasteiger partial charge on any atom is -0.306 e. The monoisotopic (exact) mass is 266 g/mol. The van der Waals surface area contributed by atoms with E-state index in [1.807, 2.05) is 36.3 Å². The van der Waals surface area contributed by atoms with Gasteiger partial charge in [-0.1, -0.05) is 25.1 Å². The van der Waals surface area contributed by atoms with E-state index in [4.69, 9.17) is 0 Å². The van der Waals surface area contributed by atoms with Gasteiger partial charge in [-0.15, -0.1) is 0 Å². The fraction of sp³-hybridized carbons (Fsp3) is 0.250. The first-order chi connectivity index (χ1) is 9.79. The van der Waals surface area contributed by atoms with Crippen LogP contribution in [0.1, 0.15) is 24.1 Å². The third-order valence-electron chi connectivity index (χ3n) is 3.46. The van der Waals surface area contributed by atoms with Crippen LogP contribution in [0.15, 0.2) is 48.9 Å². The van der Waals surface area contributed by atoms with Crippen molar-refractivity contribution in [2.75, 3.05) is 6.54 Å². The molecule has 0 aliphatic rings. The minimum atomic E-state index is 0.140. The fourth-order valence-electron chi connectivity index (χ4n) is 2.57. The molecule has 0 aliphatic heterocycles. The van der Waals surface area contributed by atoms with Gasteiger partial charge < -0.3 is 5.32 Å². The molecule has 1 N–H and O–H groups in total. The van der Waals surface area contributed by atoms with Crippen molar-refractivity contribution in [3.05, 3.63) is 60.0 Å². The van der Waals surface area contributed by atoms with Crippen LogP contribution in [0.4, 0.5) is 0 Å². The lowest BCUT2D eigenvalue weighted by Gasteiger charge is -2.18. The highest BCUT2D eigenvalue weighted by Crippen LogP contribution is 2.27. The number of nitrogens with zero attached hydrogens (tertiary/aromatic N) is 3. The van der Waals surface area contributed by atoms with E-state index in [1.165, 1.54) is 16.5 Å². The molecule has 4 nitrogen and oxygen atoms in total. The SMILES string of the molecule is CCNC(c1cnn(C)c1)c1ccnc2ccccc12. The van der Waals surface area contributed by atoms with Crippen LogP contribution < -0.4 is 5.32 Å². The minimum absolute atomic E-state index is 0.140. The van der Waals surface area contributed by atoms with Crippen molar-refractivity contribution < 1.29 is 0 Å². The van der Waals surface area contributed by atoms with Gasteiger partial charge in [0.25, 0.3) is 0 Å². The van der Waals surface area contributed by atoms with Crippen LogP contribution in [0.2, 0.25) is 0 Å². The predicted molar refractivity (Wildman–Crippen MR) is 80.5 cm³/mol. The van der Waals surface area contributed by atoms with Crippen molar-refractivity contribution in [3.63, 3.8) is 0 Å². The molecular formula is C16H18N4. The molecular weight excluding hydrogens is 248 g/mol. The Labute approximate surface area is 118 Å². The molecule has 0 spiro atoms. The van der Waals surface area contributed by atoms with Gasteiger partial charge in [-0.25, -0.2) is 0 Å². The number of aromatic nitrogens is 3. The summed E-state index contributed by atoms with van der Waals surface area (Å²) in [4.78, 5) is 4.43. The number of rotatable bonds is 4. The fourth-order valence-corrected chi connectivity index (χ4v) is 2.57. The van der Waals surface area contributed by atoms with Crippen LogP contribution in [-0.2, 0) is 7.05 Å². The van der Waals surface area contributed by atoms with Gasteiger partial charge in [-0.3, -0.25) is 9.67 Å². The van der Waals surface area contributed by atoms with Crippen molar-refractivity contribution in [2.45, 2.75) is 13.0 Å². The molecule has 4 heteroatoms. The highest BCUT2D eigenvalue weighted by Gasteiger charge is 2.17. The first-order valence-electron chi connectivity index (χ1n) is 6.85. The highest BCUT2D eigenvalue weighted by atomic mass is 15.2. The zero-order valence-corrected chi connectivity index (χ0v) is 11.7. The Balaban J connectivity index is 2.14. The maximum absolute atomic E-state index is 4.43. The maximum Gasteiger partial charge on any atom is 0.0705 e. The van der Waals surface area contributed by atoms with E-state index >= 15 is 0 Å². The number of benzene rings is 1. The van der Waals surface area contributed by atoms with Gasteiger partial charge in [0.1, 0.15) is 0 Å². The smallest absolute Gasteiger partial charge is 0.0705 e. The normalized spacial score (nSPS) is 12.7. The third-order valence-corrected chi connectivity index (χ3v) is 3.46. The average molecular weight is 266 g/mol. The summed E-state index contributed by atoms with van der Waals surface area (Å²) >= 11 is 0. The molecule has 0 bridgehead atoms. The molecule has 20 heavy (non-hydrogen) atoms. The van der Waals surface area contributed by atoms with Crippen LogP contribution in [-0.4, -0.2) is 21.3 Å². The molecule has 102 valence electrons.